The van der Waals surface area contributed by atoms with E-state index in [4.69, 9.17) is 9.15 Å². The molecule has 1 aliphatic carbocycles. The molecule has 0 radical (unpaired) electrons. The lowest BCUT2D eigenvalue weighted by Gasteiger charge is -2.29. The summed E-state index contributed by atoms with van der Waals surface area (Å²) >= 11 is 0. The van der Waals surface area contributed by atoms with E-state index in [1.165, 1.54) is 0 Å². The van der Waals surface area contributed by atoms with Crippen LogP contribution in [0.2, 0.25) is 0 Å². The van der Waals surface area contributed by atoms with E-state index in [-0.39, 0.29) is 22.8 Å². The Morgan fingerprint density at radius 3 is 2.69 bits per heavy atom. The van der Waals surface area contributed by atoms with Crippen molar-refractivity contribution < 1.29 is 23.5 Å². The molecule has 0 aliphatic heterocycles. The van der Waals surface area contributed by atoms with Crippen LogP contribution in [0.15, 0.2) is 33.5 Å². The molecule has 3 amide bonds. The number of nitrogens with one attached hydrogen (secondary N) is 2. The van der Waals surface area contributed by atoms with E-state index < -0.39 is 24.5 Å². The third-order valence-electron chi connectivity index (χ3n) is 5.10. The molecule has 8 nitrogen and oxygen atoms in total. The summed E-state index contributed by atoms with van der Waals surface area (Å²) < 4.78 is 10.3. The van der Waals surface area contributed by atoms with Crippen LogP contribution in [-0.4, -0.2) is 30.6 Å². The summed E-state index contributed by atoms with van der Waals surface area (Å²) in [7, 11) is 0. The second-order valence-electron chi connectivity index (χ2n) is 7.44. The minimum Gasteiger partial charge on any atom is -0.450 e. The third kappa shape index (κ3) is 5.22. The van der Waals surface area contributed by atoms with Gasteiger partial charge in [-0.05, 0) is 37.8 Å². The minimum absolute atomic E-state index is 0.0228. The quantitative estimate of drug-likeness (QED) is 0.763. The van der Waals surface area contributed by atoms with Gasteiger partial charge in [-0.3, -0.25) is 14.9 Å². The molecular weight excluding hydrogens is 376 g/mol. The predicted molar refractivity (Wildman–Crippen MR) is 106 cm³/mol. The SMILES string of the molecule is Cc1ccc2oc(C(=O)OCC(=O)NC(=O)N[C@H]3CCCC[C@@H]3C)cc(=O)c2c1. The highest BCUT2D eigenvalue weighted by atomic mass is 16.5. The first-order valence-electron chi connectivity index (χ1n) is 9.65. The standard InChI is InChI=1S/C21H24N2O6/c1-12-7-8-17-14(9-12)16(24)10-18(29-17)20(26)28-11-19(25)23-21(27)22-15-6-4-3-5-13(15)2/h7-10,13,15H,3-6,11H2,1-2H3,(H2,22,23,25,27)/t13-,15-/m0/s1. The van der Waals surface area contributed by atoms with Crippen molar-refractivity contribution in [2.75, 3.05) is 6.61 Å². The van der Waals surface area contributed by atoms with E-state index in [1.54, 1.807) is 18.2 Å². The van der Waals surface area contributed by atoms with Gasteiger partial charge in [-0.15, -0.1) is 0 Å². The Kier molecular flexibility index (Phi) is 6.31. The van der Waals surface area contributed by atoms with E-state index in [2.05, 4.69) is 17.6 Å². The molecule has 2 atom stereocenters. The molecule has 1 aromatic heterocycles. The summed E-state index contributed by atoms with van der Waals surface area (Å²) in [6.45, 7) is 3.24. The Morgan fingerprint density at radius 2 is 1.93 bits per heavy atom. The topological polar surface area (TPSA) is 115 Å². The number of carbonyl (C=O) groups excluding carboxylic acids is 3. The first kappa shape index (κ1) is 20.6. The Labute approximate surface area is 167 Å². The first-order valence-corrected chi connectivity index (χ1v) is 9.65. The van der Waals surface area contributed by atoms with Gasteiger partial charge in [-0.25, -0.2) is 9.59 Å². The zero-order chi connectivity index (χ0) is 21.0. The Morgan fingerprint density at radius 1 is 1.17 bits per heavy atom. The molecule has 1 heterocycles. The maximum absolute atomic E-state index is 12.2. The molecule has 154 valence electrons. The zero-order valence-electron chi connectivity index (χ0n) is 16.4. The van der Waals surface area contributed by atoms with Crippen molar-refractivity contribution in [1.29, 1.82) is 0 Å². The third-order valence-corrected chi connectivity index (χ3v) is 5.10. The fraction of sp³-hybridized carbons (Fsp3) is 0.429. The highest BCUT2D eigenvalue weighted by molar-refractivity contribution is 5.96. The molecule has 1 aromatic carbocycles. The number of fused-ring (bicyclic) bond motifs is 1. The molecule has 0 unspecified atom stereocenters. The Balaban J connectivity index is 1.54. The second-order valence-corrected chi connectivity index (χ2v) is 7.44. The zero-order valence-corrected chi connectivity index (χ0v) is 16.4. The number of urea groups is 1. The summed E-state index contributed by atoms with van der Waals surface area (Å²) in [6.07, 6.45) is 4.09. The minimum atomic E-state index is -0.957. The van der Waals surface area contributed by atoms with Crippen LogP contribution in [0.1, 0.15) is 48.7 Å². The van der Waals surface area contributed by atoms with Gasteiger partial charge in [0, 0.05) is 12.1 Å². The second kappa shape index (κ2) is 8.89. The highest BCUT2D eigenvalue weighted by Crippen LogP contribution is 2.23. The van der Waals surface area contributed by atoms with E-state index in [1.807, 2.05) is 6.92 Å². The summed E-state index contributed by atoms with van der Waals surface area (Å²) in [5.74, 6) is -1.68. The van der Waals surface area contributed by atoms with Gasteiger partial charge in [0.05, 0.1) is 5.39 Å². The number of imide groups is 1. The molecule has 8 heteroatoms. The molecule has 0 spiro atoms. The average molecular weight is 400 g/mol. The average Bonchev–Trinajstić information content (AvgIpc) is 2.68. The molecular formula is C21H24N2O6. The largest absolute Gasteiger partial charge is 0.450 e. The number of esters is 1. The number of hydrogen-bond donors (Lipinski definition) is 2. The van der Waals surface area contributed by atoms with Crippen LogP contribution in [-0.2, 0) is 9.53 Å². The van der Waals surface area contributed by atoms with Crippen molar-refractivity contribution in [2.24, 2.45) is 5.92 Å². The lowest BCUT2D eigenvalue weighted by molar-refractivity contribution is -0.123. The maximum Gasteiger partial charge on any atom is 0.374 e. The van der Waals surface area contributed by atoms with Crippen molar-refractivity contribution in [1.82, 2.24) is 10.6 Å². The van der Waals surface area contributed by atoms with Crippen LogP contribution in [0.3, 0.4) is 0 Å². The van der Waals surface area contributed by atoms with Crippen molar-refractivity contribution in [3.05, 3.63) is 45.8 Å². The van der Waals surface area contributed by atoms with Crippen molar-refractivity contribution in [3.63, 3.8) is 0 Å². The van der Waals surface area contributed by atoms with Gasteiger partial charge >= 0.3 is 12.0 Å². The van der Waals surface area contributed by atoms with Crippen LogP contribution >= 0.6 is 0 Å². The number of aryl methyl sites for hydroxylation is 1. The van der Waals surface area contributed by atoms with Gasteiger partial charge < -0.3 is 14.5 Å². The number of ether oxygens (including phenoxy) is 1. The summed E-state index contributed by atoms with van der Waals surface area (Å²) in [4.78, 5) is 48.1. The summed E-state index contributed by atoms with van der Waals surface area (Å²) in [6, 6.07) is 5.44. The van der Waals surface area contributed by atoms with Crippen LogP contribution < -0.4 is 16.1 Å². The van der Waals surface area contributed by atoms with Crippen LogP contribution in [0.4, 0.5) is 4.79 Å². The van der Waals surface area contributed by atoms with Crippen LogP contribution in [0.5, 0.6) is 0 Å². The van der Waals surface area contributed by atoms with Gasteiger partial charge in [0.25, 0.3) is 5.91 Å². The number of benzene rings is 1. The lowest BCUT2D eigenvalue weighted by atomic mass is 9.86. The maximum atomic E-state index is 12.2. The highest BCUT2D eigenvalue weighted by Gasteiger charge is 2.23. The molecule has 0 bridgehead atoms. The van der Waals surface area contributed by atoms with Gasteiger partial charge in [0.1, 0.15) is 5.58 Å². The summed E-state index contributed by atoms with van der Waals surface area (Å²) in [5, 5.41) is 5.28. The van der Waals surface area contributed by atoms with Gasteiger partial charge in [0.2, 0.25) is 5.76 Å². The number of rotatable bonds is 4. The number of carbonyl (C=O) groups is 3. The van der Waals surface area contributed by atoms with Crippen molar-refractivity contribution in [2.45, 2.75) is 45.6 Å². The lowest BCUT2D eigenvalue weighted by Crippen LogP contribution is -2.48. The van der Waals surface area contributed by atoms with Crippen molar-refractivity contribution in [3.8, 4) is 0 Å². The van der Waals surface area contributed by atoms with Crippen molar-refractivity contribution >= 4 is 28.9 Å². The molecule has 29 heavy (non-hydrogen) atoms. The molecule has 3 rings (SSSR count). The van der Waals surface area contributed by atoms with Gasteiger partial charge in [-0.2, -0.15) is 0 Å². The van der Waals surface area contributed by atoms with E-state index in [0.29, 0.717) is 11.3 Å². The first-order chi connectivity index (χ1) is 13.8. The smallest absolute Gasteiger partial charge is 0.374 e. The van der Waals surface area contributed by atoms with Crippen LogP contribution in [0.25, 0.3) is 11.0 Å². The van der Waals surface area contributed by atoms with Gasteiger partial charge in [-0.1, -0.05) is 31.4 Å². The number of amides is 3. The van der Waals surface area contributed by atoms with Gasteiger partial charge in [0.15, 0.2) is 12.0 Å². The molecule has 1 fully saturated rings. The van der Waals surface area contributed by atoms with Crippen LogP contribution in [0, 0.1) is 12.8 Å². The van der Waals surface area contributed by atoms with E-state index in [9.17, 15) is 19.2 Å². The Bertz CT molecular complexity index is 996. The summed E-state index contributed by atoms with van der Waals surface area (Å²) in [5.41, 5.74) is 0.755. The molecule has 1 aliphatic rings. The molecule has 0 saturated heterocycles. The van der Waals surface area contributed by atoms with E-state index in [0.717, 1.165) is 37.3 Å². The normalized spacial score (nSPS) is 18.8. The Hall–Kier alpha value is -3.16. The fourth-order valence-electron chi connectivity index (χ4n) is 3.47. The van der Waals surface area contributed by atoms with E-state index >= 15 is 0 Å². The predicted octanol–water partition coefficient (Wildman–Crippen LogP) is 2.66. The molecule has 2 N–H and O–H groups in total. The monoisotopic (exact) mass is 400 g/mol. The number of hydrogen-bond acceptors (Lipinski definition) is 6. The molecule has 2 aromatic rings. The fourth-order valence-corrected chi connectivity index (χ4v) is 3.47. The molecule has 1 saturated carbocycles.